The highest BCUT2D eigenvalue weighted by Gasteiger charge is 2.69. The molecule has 0 saturated carbocycles. The third-order valence-corrected chi connectivity index (χ3v) is 8.40. The van der Waals surface area contributed by atoms with Crippen LogP contribution in [0.25, 0.3) is 0 Å². The number of hydrogen-bond donors (Lipinski definition) is 3. The van der Waals surface area contributed by atoms with Crippen molar-refractivity contribution in [2.75, 3.05) is 26.0 Å². The fourth-order valence-corrected chi connectivity index (χ4v) is 6.61. The average Bonchev–Trinajstić information content (AvgIpc) is 3.31. The van der Waals surface area contributed by atoms with Gasteiger partial charge in [-0.05, 0) is 56.6 Å². The number of primary amides is 1. The number of nitrogens with two attached hydrogens (primary N) is 1. The van der Waals surface area contributed by atoms with E-state index in [0.29, 0.717) is 18.5 Å². The SMILES string of the molecule is CCC(C)C1(C(C)CC)N(C(=O)O)CCC(C#N)C1(N(C)C)n1cc(C(N)=O)c(Nc2ccc(F)cc2)n1. The molecule has 2 amide bonds. The Kier molecular flexibility index (Phi) is 8.36. The summed E-state index contributed by atoms with van der Waals surface area (Å²) in [5.41, 5.74) is 3.93. The molecule has 1 aromatic carbocycles. The van der Waals surface area contributed by atoms with Gasteiger partial charge >= 0.3 is 6.09 Å². The summed E-state index contributed by atoms with van der Waals surface area (Å²) in [5, 5.41) is 28.9. The lowest BCUT2D eigenvalue weighted by atomic mass is 9.57. The van der Waals surface area contributed by atoms with Crippen molar-refractivity contribution in [2.45, 2.75) is 58.2 Å². The van der Waals surface area contributed by atoms with Gasteiger partial charge in [-0.2, -0.15) is 10.4 Å². The predicted octanol–water partition coefficient (Wildman–Crippen LogP) is 4.43. The van der Waals surface area contributed by atoms with Crippen LogP contribution in [0, 0.1) is 34.9 Å². The minimum absolute atomic E-state index is 0.0712. The van der Waals surface area contributed by atoms with Gasteiger partial charge in [-0.1, -0.05) is 40.5 Å². The first kappa shape index (κ1) is 28.9. The number of anilines is 2. The first-order valence-corrected chi connectivity index (χ1v) is 12.9. The Morgan fingerprint density at radius 1 is 1.26 bits per heavy atom. The summed E-state index contributed by atoms with van der Waals surface area (Å²) in [6.45, 7) is 8.23. The van der Waals surface area contributed by atoms with Crippen LogP contribution < -0.4 is 11.1 Å². The first-order valence-electron chi connectivity index (χ1n) is 12.9. The number of nitrogens with one attached hydrogen (secondary N) is 1. The Morgan fingerprint density at radius 2 is 1.84 bits per heavy atom. The number of hydrogen-bond acceptors (Lipinski definition) is 6. The highest BCUT2D eigenvalue weighted by atomic mass is 19.1. The van der Waals surface area contributed by atoms with Crippen molar-refractivity contribution in [2.24, 2.45) is 23.5 Å². The maximum Gasteiger partial charge on any atom is 0.407 e. The van der Waals surface area contributed by atoms with E-state index in [1.165, 1.54) is 35.4 Å². The van der Waals surface area contributed by atoms with E-state index < -0.39 is 34.9 Å². The molecule has 0 radical (unpaired) electrons. The zero-order chi connectivity index (χ0) is 28.4. The molecule has 11 heteroatoms. The summed E-state index contributed by atoms with van der Waals surface area (Å²) < 4.78 is 15.1. The van der Waals surface area contributed by atoms with Crippen molar-refractivity contribution in [3.8, 4) is 6.07 Å². The van der Waals surface area contributed by atoms with Crippen molar-refractivity contribution in [1.29, 1.82) is 5.26 Å². The van der Waals surface area contributed by atoms with Gasteiger partial charge in [-0.3, -0.25) is 14.6 Å². The number of carbonyl (C=O) groups is 2. The van der Waals surface area contributed by atoms with Crippen LogP contribution in [-0.2, 0) is 5.66 Å². The molecule has 1 aliphatic heterocycles. The van der Waals surface area contributed by atoms with E-state index in [-0.39, 0.29) is 36.2 Å². The molecule has 4 N–H and O–H groups in total. The fourth-order valence-electron chi connectivity index (χ4n) is 6.61. The van der Waals surface area contributed by atoms with Crippen LogP contribution >= 0.6 is 0 Å². The quantitative estimate of drug-likeness (QED) is 0.438. The topological polar surface area (TPSA) is 141 Å². The third kappa shape index (κ3) is 4.26. The minimum Gasteiger partial charge on any atom is -0.465 e. The molecule has 1 aromatic heterocycles. The van der Waals surface area contributed by atoms with Crippen LogP contribution in [0.3, 0.4) is 0 Å². The van der Waals surface area contributed by atoms with E-state index in [0.717, 1.165) is 0 Å². The van der Waals surface area contributed by atoms with Gasteiger partial charge in [0.2, 0.25) is 0 Å². The lowest BCUT2D eigenvalue weighted by molar-refractivity contribution is -0.200. The Balaban J connectivity index is 2.43. The molecule has 2 heterocycles. The minimum atomic E-state index is -1.30. The molecule has 1 aliphatic rings. The second kappa shape index (κ2) is 11.0. The van der Waals surface area contributed by atoms with Crippen molar-refractivity contribution < 1.29 is 19.1 Å². The molecule has 1 fully saturated rings. The molecule has 2 aromatic rings. The lowest BCUT2D eigenvalue weighted by Crippen LogP contribution is -2.80. The standard InChI is InChI=1S/C27H38FN7O3/c1-7-17(3)26(18(4)8-2)27(33(5)6,19(15-29)13-14-34(26)25(37)38)35-16-22(23(30)36)24(32-35)31-21-11-9-20(28)10-12-21/h9-12,16-19H,7-8,13-14H2,1-6H3,(H2,30,36)(H,31,32)(H,37,38). The number of likely N-dealkylation sites (N-methyl/N-ethyl adjacent to an activating group) is 1. The maximum absolute atomic E-state index is 13.5. The van der Waals surface area contributed by atoms with Gasteiger partial charge in [-0.25, -0.2) is 13.9 Å². The normalized spacial score (nSPS) is 25.0. The summed E-state index contributed by atoms with van der Waals surface area (Å²) in [7, 11) is 3.63. The molecule has 1 saturated heterocycles. The summed E-state index contributed by atoms with van der Waals surface area (Å²) in [4.78, 5) is 28.8. The van der Waals surface area contributed by atoms with Crippen LogP contribution in [0.4, 0.5) is 20.7 Å². The van der Waals surface area contributed by atoms with Crippen molar-refractivity contribution in [1.82, 2.24) is 19.6 Å². The van der Waals surface area contributed by atoms with E-state index in [4.69, 9.17) is 10.8 Å². The monoisotopic (exact) mass is 527 g/mol. The summed E-state index contributed by atoms with van der Waals surface area (Å²) in [5.74, 6) is -2.08. The van der Waals surface area contributed by atoms with Gasteiger partial charge in [0, 0.05) is 18.4 Å². The average molecular weight is 528 g/mol. The zero-order valence-electron chi connectivity index (χ0n) is 22.9. The number of aromatic nitrogens is 2. The number of nitrogens with zero attached hydrogens (tertiary/aromatic N) is 5. The molecule has 38 heavy (non-hydrogen) atoms. The van der Waals surface area contributed by atoms with Crippen LogP contribution in [0.5, 0.6) is 0 Å². The molecular weight excluding hydrogens is 489 g/mol. The van der Waals surface area contributed by atoms with Crippen molar-refractivity contribution >= 4 is 23.5 Å². The third-order valence-electron chi connectivity index (χ3n) is 8.40. The highest BCUT2D eigenvalue weighted by molar-refractivity contribution is 5.98. The number of nitriles is 1. The second-order valence-electron chi connectivity index (χ2n) is 10.3. The molecule has 0 aliphatic carbocycles. The van der Waals surface area contributed by atoms with Crippen LogP contribution in [0.15, 0.2) is 30.5 Å². The lowest BCUT2D eigenvalue weighted by Gasteiger charge is -2.66. The number of benzene rings is 1. The number of piperidine rings is 1. The molecule has 0 spiro atoms. The molecule has 4 atom stereocenters. The number of rotatable bonds is 9. The Hall–Kier alpha value is -3.65. The van der Waals surface area contributed by atoms with E-state index in [2.05, 4.69) is 11.4 Å². The van der Waals surface area contributed by atoms with E-state index in [1.807, 2.05) is 46.7 Å². The first-order chi connectivity index (χ1) is 17.9. The van der Waals surface area contributed by atoms with Crippen LogP contribution in [-0.4, -0.2) is 62.9 Å². The summed E-state index contributed by atoms with van der Waals surface area (Å²) in [6, 6.07) is 8.03. The Labute approximate surface area is 223 Å². The molecule has 10 nitrogen and oxygen atoms in total. The molecule has 4 unspecified atom stereocenters. The zero-order valence-corrected chi connectivity index (χ0v) is 22.9. The molecule has 206 valence electrons. The van der Waals surface area contributed by atoms with E-state index in [1.54, 1.807) is 4.68 Å². The number of likely N-dealkylation sites (tertiary alicyclic amines) is 1. The Bertz CT molecular complexity index is 1200. The van der Waals surface area contributed by atoms with Crippen molar-refractivity contribution in [3.63, 3.8) is 0 Å². The summed E-state index contributed by atoms with van der Waals surface area (Å²) in [6.07, 6.45) is 2.00. The van der Waals surface area contributed by atoms with Gasteiger partial charge in [0.25, 0.3) is 5.91 Å². The van der Waals surface area contributed by atoms with E-state index >= 15 is 0 Å². The van der Waals surface area contributed by atoms with Crippen LogP contribution in [0.2, 0.25) is 0 Å². The van der Waals surface area contributed by atoms with Crippen LogP contribution in [0.1, 0.15) is 57.3 Å². The second-order valence-corrected chi connectivity index (χ2v) is 10.3. The number of halogens is 1. The Morgan fingerprint density at radius 3 is 2.29 bits per heavy atom. The van der Waals surface area contributed by atoms with Gasteiger partial charge in [0.15, 0.2) is 11.5 Å². The smallest absolute Gasteiger partial charge is 0.407 e. The predicted molar refractivity (Wildman–Crippen MR) is 142 cm³/mol. The summed E-state index contributed by atoms with van der Waals surface area (Å²) >= 11 is 0. The fraction of sp³-hybridized carbons (Fsp3) is 0.556. The van der Waals surface area contributed by atoms with E-state index in [9.17, 15) is 24.3 Å². The van der Waals surface area contributed by atoms with Gasteiger partial charge in [-0.15, -0.1) is 0 Å². The maximum atomic E-state index is 13.5. The number of carbonyl (C=O) groups excluding carboxylic acids is 1. The number of amides is 2. The van der Waals surface area contributed by atoms with Gasteiger partial charge in [0.1, 0.15) is 11.4 Å². The molecule has 3 rings (SSSR count). The number of carboxylic acid groups (broad SMARTS) is 1. The van der Waals surface area contributed by atoms with Gasteiger partial charge < -0.3 is 16.2 Å². The molecule has 0 bridgehead atoms. The highest BCUT2D eigenvalue weighted by Crippen LogP contribution is 2.56. The largest absolute Gasteiger partial charge is 0.465 e. The van der Waals surface area contributed by atoms with Crippen molar-refractivity contribution in [3.05, 3.63) is 41.8 Å². The molecular formula is C27H38FN7O3. The van der Waals surface area contributed by atoms with Gasteiger partial charge in [0.05, 0.1) is 17.5 Å².